The van der Waals surface area contributed by atoms with E-state index in [0.29, 0.717) is 0 Å². The molecule has 13 nitrogen and oxygen atoms in total. The molecule has 0 saturated carbocycles. The normalized spacial score (nSPS) is 6.82. The van der Waals surface area contributed by atoms with E-state index in [-0.39, 0.29) is 61.5 Å². The molecule has 0 unspecified atom stereocenters. The first kappa shape index (κ1) is 65.7. The fraction of sp³-hybridized carbons (Fsp3) is 0. The van der Waals surface area contributed by atoms with Gasteiger partial charge in [-0.05, 0) is 0 Å². The summed E-state index contributed by atoms with van der Waals surface area (Å²) in [6.07, 6.45) is 0. The molecule has 0 amide bonds. The fourth-order valence-corrected chi connectivity index (χ4v) is 0. The molecule has 2 radical (unpaired) electrons. The molecule has 17 heteroatoms. The smallest absolute Gasteiger partial charge is 0.394 e. The van der Waals surface area contributed by atoms with Crippen molar-refractivity contribution in [2.75, 3.05) is 0 Å². The molecule has 0 heterocycles. The van der Waals surface area contributed by atoms with E-state index >= 15 is 0 Å². The van der Waals surface area contributed by atoms with Crippen LogP contribution >= 0.6 is 0 Å². The van der Waals surface area contributed by atoms with Crippen LogP contribution < -0.4 is 0 Å². The van der Waals surface area contributed by atoms with Crippen molar-refractivity contribution in [3.8, 4) is 0 Å². The van der Waals surface area contributed by atoms with Gasteiger partial charge in [-0.2, -0.15) is 16.8 Å². The minimum atomic E-state index is -4.67. The third-order valence-electron chi connectivity index (χ3n) is 0. The Bertz CT molecular complexity index is 214. The molecule has 14 N–H and O–H groups in total. The van der Waals surface area contributed by atoms with Crippen molar-refractivity contribution in [2.45, 2.75) is 0 Å². The molecule has 0 aromatic rings. The minimum Gasteiger partial charge on any atom is -0.412 e. The third kappa shape index (κ3) is 10500. The number of hydrogen-bond donors (Lipinski definition) is 4. The van der Waals surface area contributed by atoms with Crippen LogP contribution in [0.1, 0.15) is 0 Å². The monoisotopic (exact) mass is 412 g/mol. The van der Waals surface area contributed by atoms with Gasteiger partial charge in [-0.1, -0.05) is 0 Å². The Morgan fingerprint density at radius 1 is 0.471 bits per heavy atom. The number of hydrogen-bond acceptors (Lipinski definition) is 4. The van der Waals surface area contributed by atoms with Gasteiger partial charge in [0.15, 0.2) is 0 Å². The van der Waals surface area contributed by atoms with E-state index < -0.39 is 20.8 Å². The Morgan fingerprint density at radius 2 is 0.471 bits per heavy atom. The summed E-state index contributed by atoms with van der Waals surface area (Å²) in [6.45, 7) is 0. The van der Waals surface area contributed by atoms with Crippen LogP contribution in [0.3, 0.4) is 0 Å². The molecule has 0 aliphatic carbocycles. The molecule has 0 spiro atoms. The van der Waals surface area contributed by atoms with Gasteiger partial charge in [0.05, 0.1) is 0 Å². The van der Waals surface area contributed by atoms with Crippen LogP contribution in [0, 0.1) is 0 Å². The second-order valence-corrected chi connectivity index (χ2v) is 2.69. The summed E-state index contributed by atoms with van der Waals surface area (Å²) in [7, 11) is -9.33. The van der Waals surface area contributed by atoms with Gasteiger partial charge in [0.1, 0.15) is 0 Å². The van der Waals surface area contributed by atoms with E-state index in [9.17, 15) is 0 Å². The van der Waals surface area contributed by atoms with E-state index in [0.717, 1.165) is 0 Å². The van der Waals surface area contributed by atoms with Gasteiger partial charge in [0.25, 0.3) is 0 Å². The van der Waals surface area contributed by atoms with Crippen molar-refractivity contribution >= 4 is 20.8 Å². The van der Waals surface area contributed by atoms with E-state index in [2.05, 4.69) is 0 Å². The summed E-state index contributed by atoms with van der Waals surface area (Å²) in [6, 6.07) is 0. The standard InChI is InChI=1S/2Cu.2H2O4S.5H2O/c;;2*1-5(2,3)4;;;;;/h;;2*(H2,1,2,3,4);5*1H2. The molecule has 126 valence electrons. The zero-order chi connectivity index (χ0) is 9.00. The zero-order valence-electron chi connectivity index (χ0n) is 7.34. The van der Waals surface area contributed by atoms with Crippen LogP contribution in [-0.2, 0) is 54.9 Å². The Kier molecular flexibility index (Phi) is 98.2. The molecular formula is H14Cu2O13S2. The van der Waals surface area contributed by atoms with Crippen LogP contribution in [0.4, 0.5) is 0 Å². The van der Waals surface area contributed by atoms with Gasteiger partial charge in [-0.3, -0.25) is 18.2 Å². The van der Waals surface area contributed by atoms with Crippen LogP contribution in [0.5, 0.6) is 0 Å². The minimum absolute atomic E-state index is 0. The average molecular weight is 413 g/mol. The van der Waals surface area contributed by atoms with E-state index in [1.165, 1.54) is 0 Å². The fourth-order valence-electron chi connectivity index (χ4n) is 0. The molecule has 0 aliphatic rings. The average Bonchev–Trinajstić information content (AvgIpc) is 1.12. The first-order valence-corrected chi connectivity index (χ1v) is 4.19. The summed E-state index contributed by atoms with van der Waals surface area (Å²) in [5, 5.41) is 0. The maximum Gasteiger partial charge on any atom is 0.394 e. The van der Waals surface area contributed by atoms with Crippen LogP contribution in [0.25, 0.3) is 0 Å². The second kappa shape index (κ2) is 25.4. The molecule has 0 aromatic heterocycles. The molecule has 0 saturated heterocycles. The van der Waals surface area contributed by atoms with Crippen molar-refractivity contribution in [2.24, 2.45) is 0 Å². The summed E-state index contributed by atoms with van der Waals surface area (Å²) < 4.78 is 63.2. The molecule has 0 aromatic carbocycles. The van der Waals surface area contributed by atoms with Gasteiger partial charge in [-0.15, -0.1) is 0 Å². The second-order valence-electron chi connectivity index (χ2n) is 0.896. The van der Waals surface area contributed by atoms with Crippen LogP contribution in [0.2, 0.25) is 0 Å². The van der Waals surface area contributed by atoms with Crippen LogP contribution in [-0.4, -0.2) is 62.4 Å². The molecule has 0 rings (SSSR count). The Morgan fingerprint density at radius 3 is 0.471 bits per heavy atom. The van der Waals surface area contributed by atoms with E-state index in [1.54, 1.807) is 0 Å². The van der Waals surface area contributed by atoms with E-state index in [1.807, 2.05) is 0 Å². The van der Waals surface area contributed by atoms with Crippen LogP contribution in [0.15, 0.2) is 0 Å². The SMILES string of the molecule is O.O.O.O.O.O=S(=O)(O)O.O=S(=O)(O)O.[Cu].[Cu]. The summed E-state index contributed by atoms with van der Waals surface area (Å²) >= 11 is 0. The predicted molar refractivity (Wildman–Crippen MR) is 46.4 cm³/mol. The van der Waals surface area contributed by atoms with Gasteiger partial charge in [0.2, 0.25) is 0 Å². The van der Waals surface area contributed by atoms with Gasteiger partial charge in [0, 0.05) is 34.1 Å². The molecule has 0 bridgehead atoms. The molecule has 0 atom stereocenters. The molecule has 0 fully saturated rings. The largest absolute Gasteiger partial charge is 0.412 e. The maximum atomic E-state index is 8.74. The first-order chi connectivity index (χ1) is 4.00. The van der Waals surface area contributed by atoms with Crippen molar-refractivity contribution < 1.29 is 96.6 Å². The van der Waals surface area contributed by atoms with Gasteiger partial charge < -0.3 is 27.4 Å². The Balaban J connectivity index is -0.00000000762. The zero-order valence-corrected chi connectivity index (χ0v) is 10.9. The summed E-state index contributed by atoms with van der Waals surface area (Å²) in [5.74, 6) is 0. The molecule has 0 aliphatic heterocycles. The summed E-state index contributed by atoms with van der Waals surface area (Å²) in [5.41, 5.74) is 0. The van der Waals surface area contributed by atoms with Crippen molar-refractivity contribution in [1.29, 1.82) is 0 Å². The van der Waals surface area contributed by atoms with Crippen molar-refractivity contribution in [3.05, 3.63) is 0 Å². The van der Waals surface area contributed by atoms with Crippen molar-refractivity contribution in [1.82, 2.24) is 0 Å². The first-order valence-electron chi connectivity index (χ1n) is 1.40. The van der Waals surface area contributed by atoms with E-state index in [4.69, 9.17) is 35.0 Å². The predicted octanol–water partition coefficient (Wildman–Crippen LogP) is -5.43. The Hall–Kier alpha value is 0.579. The summed E-state index contributed by atoms with van der Waals surface area (Å²) in [4.78, 5) is 0. The Labute approximate surface area is 117 Å². The van der Waals surface area contributed by atoms with Gasteiger partial charge >= 0.3 is 20.8 Å². The topological polar surface area (TPSA) is 307 Å². The van der Waals surface area contributed by atoms with Crippen molar-refractivity contribution in [3.63, 3.8) is 0 Å². The third-order valence-corrected chi connectivity index (χ3v) is 0. The molecule has 17 heavy (non-hydrogen) atoms. The number of rotatable bonds is 0. The maximum absolute atomic E-state index is 8.74. The van der Waals surface area contributed by atoms with Gasteiger partial charge in [-0.25, -0.2) is 0 Å². The molecular weight excluding hydrogens is 399 g/mol. The quantitative estimate of drug-likeness (QED) is 0.219.